The Kier molecular flexibility index (Phi) is 6.45. The van der Waals surface area contributed by atoms with Crippen molar-refractivity contribution in [2.45, 2.75) is 31.7 Å². The third-order valence-electron chi connectivity index (χ3n) is 5.27. The SMILES string of the molecule is O=C(NCC1CCCN(CC(=O)N2CCOCC2)C1)C1CCCN1. The first kappa shape index (κ1) is 17.6. The fraction of sp³-hybridized carbons (Fsp3) is 0.882. The number of ether oxygens (including phenoxy) is 1. The molecule has 2 N–H and O–H groups in total. The monoisotopic (exact) mass is 338 g/mol. The number of carbonyl (C=O) groups excluding carboxylic acids is 2. The standard InChI is InChI=1S/C17H30N4O3/c22-16(21-7-9-24-10-8-21)13-20-6-2-3-14(12-20)11-19-17(23)15-4-1-5-18-15/h14-15,18H,1-13H2,(H,19,23). The molecule has 7 heteroatoms. The lowest BCUT2D eigenvalue weighted by Crippen LogP contribution is -2.49. The number of morpholine rings is 1. The van der Waals surface area contributed by atoms with Crippen molar-refractivity contribution >= 4 is 11.8 Å². The van der Waals surface area contributed by atoms with Crippen molar-refractivity contribution in [1.29, 1.82) is 0 Å². The van der Waals surface area contributed by atoms with Gasteiger partial charge in [0.25, 0.3) is 0 Å². The van der Waals surface area contributed by atoms with Crippen LogP contribution in [0.4, 0.5) is 0 Å². The third kappa shape index (κ3) is 4.91. The molecular formula is C17H30N4O3. The molecule has 24 heavy (non-hydrogen) atoms. The summed E-state index contributed by atoms with van der Waals surface area (Å²) in [4.78, 5) is 28.6. The molecule has 0 aromatic rings. The maximum Gasteiger partial charge on any atom is 0.237 e. The number of hydrogen-bond acceptors (Lipinski definition) is 5. The minimum atomic E-state index is -0.00686. The zero-order valence-electron chi connectivity index (χ0n) is 14.5. The molecule has 0 aromatic carbocycles. The van der Waals surface area contributed by atoms with Gasteiger partial charge in [0.2, 0.25) is 11.8 Å². The van der Waals surface area contributed by atoms with Crippen LogP contribution >= 0.6 is 0 Å². The molecule has 0 saturated carbocycles. The molecule has 3 fully saturated rings. The minimum absolute atomic E-state index is 0.00686. The second-order valence-electron chi connectivity index (χ2n) is 7.13. The summed E-state index contributed by atoms with van der Waals surface area (Å²) in [6, 6.07) is -0.00686. The fourth-order valence-electron chi connectivity index (χ4n) is 3.84. The van der Waals surface area contributed by atoms with Crippen molar-refractivity contribution in [3.05, 3.63) is 0 Å². The van der Waals surface area contributed by atoms with Crippen molar-refractivity contribution in [3.8, 4) is 0 Å². The topological polar surface area (TPSA) is 73.9 Å². The van der Waals surface area contributed by atoms with Gasteiger partial charge in [-0.15, -0.1) is 0 Å². The first-order valence-electron chi connectivity index (χ1n) is 9.31. The van der Waals surface area contributed by atoms with Crippen LogP contribution < -0.4 is 10.6 Å². The van der Waals surface area contributed by atoms with E-state index in [0.29, 0.717) is 38.8 Å². The lowest BCUT2D eigenvalue weighted by Gasteiger charge is -2.34. The molecule has 2 unspecified atom stereocenters. The van der Waals surface area contributed by atoms with Crippen LogP contribution in [0, 0.1) is 5.92 Å². The number of nitrogens with one attached hydrogen (secondary N) is 2. The molecule has 0 aliphatic carbocycles. The van der Waals surface area contributed by atoms with E-state index in [9.17, 15) is 9.59 Å². The normalized spacial score (nSPS) is 28.8. The van der Waals surface area contributed by atoms with Gasteiger partial charge in [0, 0.05) is 26.2 Å². The molecule has 7 nitrogen and oxygen atoms in total. The Morgan fingerprint density at radius 3 is 2.71 bits per heavy atom. The summed E-state index contributed by atoms with van der Waals surface area (Å²) >= 11 is 0. The Hall–Kier alpha value is -1.18. The molecule has 3 heterocycles. The molecule has 0 radical (unpaired) electrons. The molecule has 3 aliphatic heterocycles. The van der Waals surface area contributed by atoms with E-state index < -0.39 is 0 Å². The van der Waals surface area contributed by atoms with Gasteiger partial charge in [-0.05, 0) is 44.7 Å². The highest BCUT2D eigenvalue weighted by molar-refractivity contribution is 5.82. The fourth-order valence-corrected chi connectivity index (χ4v) is 3.84. The van der Waals surface area contributed by atoms with Crippen LogP contribution in [-0.4, -0.2) is 86.7 Å². The van der Waals surface area contributed by atoms with E-state index in [1.165, 1.54) is 0 Å². The van der Waals surface area contributed by atoms with Gasteiger partial charge in [-0.3, -0.25) is 14.5 Å². The molecular weight excluding hydrogens is 308 g/mol. The van der Waals surface area contributed by atoms with Crippen molar-refractivity contribution in [2.75, 3.05) is 59.0 Å². The van der Waals surface area contributed by atoms with Gasteiger partial charge in [0.05, 0.1) is 25.8 Å². The maximum atomic E-state index is 12.4. The average Bonchev–Trinajstić information content (AvgIpc) is 3.15. The van der Waals surface area contributed by atoms with E-state index >= 15 is 0 Å². The summed E-state index contributed by atoms with van der Waals surface area (Å²) in [6.45, 7) is 6.75. The molecule has 2 atom stereocenters. The van der Waals surface area contributed by atoms with Crippen molar-refractivity contribution in [1.82, 2.24) is 20.4 Å². The molecule has 0 spiro atoms. The van der Waals surface area contributed by atoms with Crippen molar-refractivity contribution in [2.24, 2.45) is 5.92 Å². The summed E-state index contributed by atoms with van der Waals surface area (Å²) < 4.78 is 5.30. The number of carbonyl (C=O) groups is 2. The molecule has 3 aliphatic rings. The Labute approximate surface area is 144 Å². The Morgan fingerprint density at radius 1 is 1.12 bits per heavy atom. The first-order valence-corrected chi connectivity index (χ1v) is 9.31. The van der Waals surface area contributed by atoms with Crippen LogP contribution in [0.3, 0.4) is 0 Å². The van der Waals surface area contributed by atoms with Gasteiger partial charge in [0.15, 0.2) is 0 Å². The van der Waals surface area contributed by atoms with Crippen LogP contribution in [0.5, 0.6) is 0 Å². The second-order valence-corrected chi connectivity index (χ2v) is 7.13. The van der Waals surface area contributed by atoms with Gasteiger partial charge in [-0.2, -0.15) is 0 Å². The minimum Gasteiger partial charge on any atom is -0.378 e. The van der Waals surface area contributed by atoms with Gasteiger partial charge >= 0.3 is 0 Å². The van der Waals surface area contributed by atoms with E-state index in [1.807, 2.05) is 4.90 Å². The van der Waals surface area contributed by atoms with E-state index in [0.717, 1.165) is 51.9 Å². The number of amides is 2. The van der Waals surface area contributed by atoms with Gasteiger partial charge in [-0.25, -0.2) is 0 Å². The quantitative estimate of drug-likeness (QED) is 0.702. The van der Waals surface area contributed by atoms with E-state index in [2.05, 4.69) is 15.5 Å². The second kappa shape index (κ2) is 8.78. The van der Waals surface area contributed by atoms with Gasteiger partial charge < -0.3 is 20.3 Å². The Morgan fingerprint density at radius 2 is 1.96 bits per heavy atom. The number of nitrogens with zero attached hydrogens (tertiary/aromatic N) is 2. The summed E-state index contributed by atoms with van der Waals surface area (Å²) in [5.74, 6) is 0.786. The molecule has 2 amide bonds. The number of rotatable bonds is 5. The predicted octanol–water partition coefficient (Wildman–Crippen LogP) is -0.575. The van der Waals surface area contributed by atoms with Crippen LogP contribution in [0.1, 0.15) is 25.7 Å². The Bertz CT molecular complexity index is 434. The Balaban J connectivity index is 1.39. The zero-order chi connectivity index (χ0) is 16.8. The highest BCUT2D eigenvalue weighted by atomic mass is 16.5. The first-order chi connectivity index (χ1) is 11.7. The smallest absolute Gasteiger partial charge is 0.237 e. The van der Waals surface area contributed by atoms with Crippen molar-refractivity contribution < 1.29 is 14.3 Å². The van der Waals surface area contributed by atoms with Crippen LogP contribution in [0.25, 0.3) is 0 Å². The van der Waals surface area contributed by atoms with Crippen LogP contribution in [0.2, 0.25) is 0 Å². The molecule has 0 bridgehead atoms. The van der Waals surface area contributed by atoms with E-state index in [4.69, 9.17) is 4.74 Å². The van der Waals surface area contributed by atoms with Gasteiger partial charge in [-0.1, -0.05) is 0 Å². The molecule has 3 saturated heterocycles. The largest absolute Gasteiger partial charge is 0.378 e. The molecule has 136 valence electrons. The summed E-state index contributed by atoms with van der Waals surface area (Å²) in [5, 5.41) is 6.32. The molecule has 3 rings (SSSR count). The van der Waals surface area contributed by atoms with E-state index in [1.54, 1.807) is 0 Å². The van der Waals surface area contributed by atoms with Crippen molar-refractivity contribution in [3.63, 3.8) is 0 Å². The molecule has 0 aromatic heterocycles. The lowest BCUT2D eigenvalue weighted by molar-refractivity contribution is -0.137. The summed E-state index contributed by atoms with van der Waals surface area (Å²) in [5.41, 5.74) is 0. The zero-order valence-corrected chi connectivity index (χ0v) is 14.5. The summed E-state index contributed by atoms with van der Waals surface area (Å²) in [7, 11) is 0. The predicted molar refractivity (Wildman–Crippen MR) is 90.6 cm³/mol. The lowest BCUT2D eigenvalue weighted by atomic mass is 9.97. The van der Waals surface area contributed by atoms with Crippen LogP contribution in [-0.2, 0) is 14.3 Å². The third-order valence-corrected chi connectivity index (χ3v) is 5.27. The highest BCUT2D eigenvalue weighted by Gasteiger charge is 2.26. The highest BCUT2D eigenvalue weighted by Crippen LogP contribution is 2.16. The van der Waals surface area contributed by atoms with Gasteiger partial charge in [0.1, 0.15) is 0 Å². The van der Waals surface area contributed by atoms with E-state index in [-0.39, 0.29) is 17.9 Å². The summed E-state index contributed by atoms with van der Waals surface area (Å²) in [6.07, 6.45) is 4.24. The average molecular weight is 338 g/mol. The number of likely N-dealkylation sites (tertiary alicyclic amines) is 1. The number of hydrogen-bond donors (Lipinski definition) is 2. The van der Waals surface area contributed by atoms with Crippen LogP contribution in [0.15, 0.2) is 0 Å². The number of piperidine rings is 1. The maximum absolute atomic E-state index is 12.4.